The van der Waals surface area contributed by atoms with Crippen LogP contribution in [-0.4, -0.2) is 24.7 Å². The van der Waals surface area contributed by atoms with Crippen molar-refractivity contribution >= 4 is 11.6 Å². The van der Waals surface area contributed by atoms with Gasteiger partial charge in [0.25, 0.3) is 0 Å². The molecule has 0 aliphatic carbocycles. The lowest BCUT2D eigenvalue weighted by atomic mass is 9.99. The minimum absolute atomic E-state index is 0.220. The molecule has 0 bridgehead atoms. The zero-order chi connectivity index (χ0) is 14.2. The molecular weight excluding hydrogens is 264 g/mol. The van der Waals surface area contributed by atoms with Gasteiger partial charge in [-0.1, -0.05) is 25.4 Å². The van der Waals surface area contributed by atoms with E-state index in [0.717, 1.165) is 16.8 Å². The topological polar surface area (TPSA) is 55.9 Å². The fourth-order valence-electron chi connectivity index (χ4n) is 2.18. The third kappa shape index (κ3) is 2.82. The lowest BCUT2D eigenvalue weighted by Gasteiger charge is -2.12. The van der Waals surface area contributed by atoms with Crippen molar-refractivity contribution in [3.63, 3.8) is 0 Å². The van der Waals surface area contributed by atoms with E-state index in [1.54, 1.807) is 22.6 Å². The number of rotatable bonds is 4. The van der Waals surface area contributed by atoms with Gasteiger partial charge in [0.1, 0.15) is 5.15 Å². The van der Waals surface area contributed by atoms with E-state index in [1.165, 1.54) is 0 Å². The van der Waals surface area contributed by atoms with E-state index in [-0.39, 0.29) is 5.92 Å². The third-order valence-corrected chi connectivity index (χ3v) is 3.56. The van der Waals surface area contributed by atoms with Crippen LogP contribution in [0.5, 0.6) is 0 Å². The van der Waals surface area contributed by atoms with Gasteiger partial charge in [-0.25, -0.2) is 0 Å². The van der Waals surface area contributed by atoms with Crippen molar-refractivity contribution in [1.29, 1.82) is 0 Å². The maximum absolute atomic E-state index is 10.4. The molecule has 6 heteroatoms. The quantitative estimate of drug-likeness (QED) is 0.935. The van der Waals surface area contributed by atoms with Gasteiger partial charge in [-0.3, -0.25) is 9.36 Å². The van der Waals surface area contributed by atoms with Crippen LogP contribution in [-0.2, 0) is 20.5 Å². The number of aliphatic hydroxyl groups is 1. The highest BCUT2D eigenvalue weighted by Crippen LogP contribution is 2.32. The van der Waals surface area contributed by atoms with Gasteiger partial charge in [-0.05, 0) is 11.5 Å². The molecule has 0 aliphatic heterocycles. The summed E-state index contributed by atoms with van der Waals surface area (Å²) in [6, 6.07) is 0. The molecule has 2 aromatic heterocycles. The van der Waals surface area contributed by atoms with Crippen LogP contribution in [0.4, 0.5) is 0 Å². The largest absolute Gasteiger partial charge is 0.388 e. The molecule has 5 nitrogen and oxygen atoms in total. The third-order valence-electron chi connectivity index (χ3n) is 3.11. The highest BCUT2D eigenvalue weighted by atomic mass is 35.5. The molecule has 1 unspecified atom stereocenters. The van der Waals surface area contributed by atoms with E-state index >= 15 is 0 Å². The molecule has 0 radical (unpaired) electrons. The van der Waals surface area contributed by atoms with E-state index < -0.39 is 6.10 Å². The highest BCUT2D eigenvalue weighted by molar-refractivity contribution is 6.30. The Morgan fingerprint density at radius 2 is 2.05 bits per heavy atom. The molecule has 0 amide bonds. The average molecular weight is 283 g/mol. The summed E-state index contributed by atoms with van der Waals surface area (Å²) in [5.41, 5.74) is 2.55. The smallest absolute Gasteiger partial charge is 0.132 e. The van der Waals surface area contributed by atoms with Crippen LogP contribution in [0, 0.1) is 0 Å². The van der Waals surface area contributed by atoms with Crippen LogP contribution in [0.3, 0.4) is 0 Å². The summed E-state index contributed by atoms with van der Waals surface area (Å²) in [5, 5.41) is 19.4. The van der Waals surface area contributed by atoms with E-state index in [1.807, 2.05) is 27.1 Å². The average Bonchev–Trinajstić information content (AvgIpc) is 2.84. The molecule has 0 saturated carbocycles. The van der Waals surface area contributed by atoms with Crippen molar-refractivity contribution in [3.8, 4) is 0 Å². The molecular formula is C13H19ClN4O. The Balaban J connectivity index is 2.30. The number of hydrogen-bond acceptors (Lipinski definition) is 3. The molecule has 1 atom stereocenters. The number of hydrogen-bond donors (Lipinski definition) is 1. The maximum atomic E-state index is 10.4. The number of aryl methyl sites for hydroxylation is 2. The van der Waals surface area contributed by atoms with Crippen LogP contribution in [0.15, 0.2) is 12.4 Å². The lowest BCUT2D eigenvalue weighted by Crippen LogP contribution is -2.05. The van der Waals surface area contributed by atoms with Gasteiger partial charge in [-0.2, -0.15) is 10.2 Å². The Kier molecular flexibility index (Phi) is 3.96. The number of aromatic nitrogens is 4. The molecule has 2 heterocycles. The second-order valence-electron chi connectivity index (χ2n) is 5.11. The van der Waals surface area contributed by atoms with Crippen molar-refractivity contribution < 1.29 is 5.11 Å². The number of halogens is 1. The van der Waals surface area contributed by atoms with E-state index in [9.17, 15) is 5.11 Å². The van der Waals surface area contributed by atoms with Crippen molar-refractivity contribution in [2.24, 2.45) is 14.1 Å². The molecule has 0 aliphatic rings. The second kappa shape index (κ2) is 5.35. The minimum Gasteiger partial charge on any atom is -0.388 e. The first-order valence-electron chi connectivity index (χ1n) is 6.28. The summed E-state index contributed by atoms with van der Waals surface area (Å²) in [4.78, 5) is 0. The van der Waals surface area contributed by atoms with Gasteiger partial charge in [0.15, 0.2) is 0 Å². The molecule has 1 N–H and O–H groups in total. The van der Waals surface area contributed by atoms with Gasteiger partial charge in [0, 0.05) is 32.3 Å². The van der Waals surface area contributed by atoms with Crippen LogP contribution in [0.1, 0.15) is 42.7 Å². The van der Waals surface area contributed by atoms with Gasteiger partial charge in [0.05, 0.1) is 18.0 Å². The first kappa shape index (κ1) is 14.1. The van der Waals surface area contributed by atoms with E-state index in [0.29, 0.717) is 11.6 Å². The van der Waals surface area contributed by atoms with Crippen LogP contribution in [0.25, 0.3) is 0 Å². The summed E-state index contributed by atoms with van der Waals surface area (Å²) >= 11 is 6.24. The van der Waals surface area contributed by atoms with Crippen LogP contribution < -0.4 is 0 Å². The second-order valence-corrected chi connectivity index (χ2v) is 5.47. The van der Waals surface area contributed by atoms with Crippen molar-refractivity contribution in [3.05, 3.63) is 34.4 Å². The van der Waals surface area contributed by atoms with Crippen molar-refractivity contribution in [2.75, 3.05) is 0 Å². The van der Waals surface area contributed by atoms with Gasteiger partial charge in [-0.15, -0.1) is 0 Å². The Labute approximate surface area is 117 Å². The Morgan fingerprint density at radius 1 is 1.37 bits per heavy atom. The standard InChI is InChI=1S/C13H19ClN4O/c1-8(2)12-11(13(14)18(4)16-12)10(19)5-9-6-15-17(3)7-9/h6-8,10,19H,5H2,1-4H3. The first-order valence-corrected chi connectivity index (χ1v) is 6.65. The molecule has 0 spiro atoms. The Hall–Kier alpha value is -1.33. The van der Waals surface area contributed by atoms with Crippen molar-refractivity contribution in [1.82, 2.24) is 19.6 Å². The van der Waals surface area contributed by atoms with Gasteiger partial charge >= 0.3 is 0 Å². The molecule has 2 rings (SSSR count). The fourth-order valence-corrected chi connectivity index (χ4v) is 2.44. The predicted molar refractivity (Wildman–Crippen MR) is 74.2 cm³/mol. The van der Waals surface area contributed by atoms with Crippen molar-refractivity contribution in [2.45, 2.75) is 32.3 Å². The number of aliphatic hydroxyl groups excluding tert-OH is 1. The van der Waals surface area contributed by atoms with Crippen LogP contribution in [0.2, 0.25) is 5.15 Å². The summed E-state index contributed by atoms with van der Waals surface area (Å²) in [6.07, 6.45) is 3.46. The zero-order valence-corrected chi connectivity index (χ0v) is 12.4. The van der Waals surface area contributed by atoms with E-state index in [4.69, 9.17) is 11.6 Å². The molecule has 0 saturated heterocycles. The molecule has 0 aromatic carbocycles. The lowest BCUT2D eigenvalue weighted by molar-refractivity contribution is 0.177. The highest BCUT2D eigenvalue weighted by Gasteiger charge is 2.23. The summed E-state index contributed by atoms with van der Waals surface area (Å²) in [6.45, 7) is 4.08. The first-order chi connectivity index (χ1) is 8.90. The maximum Gasteiger partial charge on any atom is 0.132 e. The normalized spacial score (nSPS) is 13.2. The fraction of sp³-hybridized carbons (Fsp3) is 0.538. The van der Waals surface area contributed by atoms with Gasteiger partial charge in [0.2, 0.25) is 0 Å². The molecule has 0 fully saturated rings. The SMILES string of the molecule is CC(C)c1nn(C)c(Cl)c1C(O)Cc1cnn(C)c1. The van der Waals surface area contributed by atoms with E-state index in [2.05, 4.69) is 10.2 Å². The van der Waals surface area contributed by atoms with Gasteiger partial charge < -0.3 is 5.11 Å². The number of nitrogens with zero attached hydrogens (tertiary/aromatic N) is 4. The Morgan fingerprint density at radius 3 is 2.58 bits per heavy atom. The summed E-state index contributed by atoms with van der Waals surface area (Å²) < 4.78 is 3.33. The summed E-state index contributed by atoms with van der Waals surface area (Å²) in [7, 11) is 3.64. The minimum atomic E-state index is -0.664. The summed E-state index contributed by atoms with van der Waals surface area (Å²) in [5.74, 6) is 0.220. The van der Waals surface area contributed by atoms with Crippen LogP contribution >= 0.6 is 11.6 Å². The zero-order valence-electron chi connectivity index (χ0n) is 11.6. The monoisotopic (exact) mass is 282 g/mol. The molecule has 104 valence electrons. The Bertz CT molecular complexity index is 573. The predicted octanol–water partition coefficient (Wildman–Crippen LogP) is 2.21. The molecule has 19 heavy (non-hydrogen) atoms. The molecule has 2 aromatic rings.